The van der Waals surface area contributed by atoms with Crippen LogP contribution in [-0.4, -0.2) is 54.3 Å². The number of hydroxylamine groups is 2. The molecule has 0 aliphatic carbocycles. The van der Waals surface area contributed by atoms with E-state index in [1.165, 1.54) is 0 Å². The number of nitrogens with one attached hydrogen (secondary N) is 1. The van der Waals surface area contributed by atoms with Crippen LogP contribution in [0.3, 0.4) is 0 Å². The van der Waals surface area contributed by atoms with Crippen molar-refractivity contribution < 1.29 is 41.7 Å². The lowest BCUT2D eigenvalue weighted by atomic mass is 10.1. The first-order valence-corrected chi connectivity index (χ1v) is 9.75. The summed E-state index contributed by atoms with van der Waals surface area (Å²) in [5.41, 5.74) is 1.25. The molecule has 0 radical (unpaired) electrons. The largest absolute Gasteiger partial charge is 0.448 e. The van der Waals surface area contributed by atoms with E-state index in [1.54, 1.807) is 24.3 Å². The molecule has 1 saturated heterocycles. The molecule has 0 atom stereocenters. The summed E-state index contributed by atoms with van der Waals surface area (Å²) in [5.74, 6) is -2.55. The Morgan fingerprint density at radius 3 is 2.21 bits per heavy atom. The molecule has 0 aromatic heterocycles. The molecule has 0 spiro atoms. The molecule has 152 valence electrons. The fraction of sp³-hybridized carbons (Fsp3) is 0.375. The van der Waals surface area contributed by atoms with Crippen molar-refractivity contribution in [2.45, 2.75) is 25.8 Å². The van der Waals surface area contributed by atoms with Crippen LogP contribution in [0.5, 0.6) is 0 Å². The van der Waals surface area contributed by atoms with E-state index in [0.717, 1.165) is 0 Å². The molecule has 12 heteroatoms. The third-order valence-electron chi connectivity index (χ3n) is 3.58. The number of hydrogen-bond acceptors (Lipinski definition) is 8. The van der Waals surface area contributed by atoms with Crippen LogP contribution in [0, 0.1) is 0 Å². The van der Waals surface area contributed by atoms with Gasteiger partial charge < -0.3 is 14.9 Å². The second-order valence-electron chi connectivity index (χ2n) is 5.81. The van der Waals surface area contributed by atoms with Crippen molar-refractivity contribution in [3.63, 3.8) is 0 Å². The number of alkyl carbamates (subject to hydrolysis) is 1. The zero-order valence-corrected chi connectivity index (χ0v) is 15.4. The Morgan fingerprint density at radius 2 is 1.64 bits per heavy atom. The average Bonchev–Trinajstić information content (AvgIpc) is 2.92. The van der Waals surface area contributed by atoms with Crippen LogP contribution in [-0.2, 0) is 47.0 Å². The number of rotatable bonds is 8. The summed E-state index contributed by atoms with van der Waals surface area (Å²) in [7, 11) is -4.20. The SMILES string of the molecule is O=C(Cc1ccc(CNC(=O)OCCS(=O)(=O)O)cc1)ON1C(=O)CCC1=O. The van der Waals surface area contributed by atoms with Crippen LogP contribution in [0.1, 0.15) is 24.0 Å². The molecule has 0 bridgehead atoms. The number of benzene rings is 1. The molecule has 1 heterocycles. The quantitative estimate of drug-likeness (QED) is 0.440. The third kappa shape index (κ3) is 6.96. The Bertz CT molecular complexity index is 849. The number of carbonyl (C=O) groups is 4. The topological polar surface area (TPSA) is 156 Å². The first-order valence-electron chi connectivity index (χ1n) is 8.14. The summed E-state index contributed by atoms with van der Waals surface area (Å²) in [6.07, 6.45) is -0.961. The Balaban J connectivity index is 1.75. The molecule has 3 amide bonds. The van der Waals surface area contributed by atoms with E-state index in [0.29, 0.717) is 16.2 Å². The first kappa shape index (κ1) is 21.3. The molecule has 2 N–H and O–H groups in total. The second kappa shape index (κ2) is 9.28. The van der Waals surface area contributed by atoms with E-state index < -0.39 is 46.4 Å². The van der Waals surface area contributed by atoms with Gasteiger partial charge in [0.25, 0.3) is 21.9 Å². The molecule has 1 fully saturated rings. The molecule has 1 aromatic carbocycles. The highest BCUT2D eigenvalue weighted by atomic mass is 32.2. The Morgan fingerprint density at radius 1 is 1.07 bits per heavy atom. The van der Waals surface area contributed by atoms with E-state index in [1.807, 2.05) is 0 Å². The van der Waals surface area contributed by atoms with Gasteiger partial charge in [-0.15, -0.1) is 5.06 Å². The van der Waals surface area contributed by atoms with Gasteiger partial charge >= 0.3 is 12.1 Å². The van der Waals surface area contributed by atoms with E-state index in [2.05, 4.69) is 10.1 Å². The number of amides is 3. The lowest BCUT2D eigenvalue weighted by molar-refractivity contribution is -0.197. The van der Waals surface area contributed by atoms with Crippen molar-refractivity contribution in [1.29, 1.82) is 0 Å². The smallest absolute Gasteiger partial charge is 0.407 e. The third-order valence-corrected chi connectivity index (χ3v) is 4.26. The van der Waals surface area contributed by atoms with Crippen LogP contribution >= 0.6 is 0 Å². The van der Waals surface area contributed by atoms with Crippen molar-refractivity contribution in [1.82, 2.24) is 10.4 Å². The van der Waals surface area contributed by atoms with Gasteiger partial charge in [0.15, 0.2) is 0 Å². The Kier molecular flexibility index (Phi) is 7.06. The highest BCUT2D eigenvalue weighted by molar-refractivity contribution is 7.85. The van der Waals surface area contributed by atoms with Crippen LogP contribution in [0.2, 0.25) is 0 Å². The van der Waals surface area contributed by atoms with Crippen LogP contribution in [0.15, 0.2) is 24.3 Å². The standard InChI is InChI=1S/C16H18N2O9S/c19-13-5-6-14(20)18(13)27-15(21)9-11-1-3-12(4-2-11)10-17-16(22)26-7-8-28(23,24)25/h1-4H,5-10H2,(H,17,22)(H,23,24,25). The Hall–Kier alpha value is -2.99. The minimum Gasteiger partial charge on any atom is -0.448 e. The molecule has 11 nitrogen and oxygen atoms in total. The van der Waals surface area contributed by atoms with Gasteiger partial charge in [-0.2, -0.15) is 8.42 Å². The predicted molar refractivity (Wildman–Crippen MR) is 91.9 cm³/mol. The van der Waals surface area contributed by atoms with Gasteiger partial charge in [-0.1, -0.05) is 24.3 Å². The minimum absolute atomic E-state index is 0.0199. The monoisotopic (exact) mass is 414 g/mol. The van der Waals surface area contributed by atoms with Gasteiger partial charge in [-0.25, -0.2) is 9.59 Å². The highest BCUT2D eigenvalue weighted by Gasteiger charge is 2.32. The van der Waals surface area contributed by atoms with E-state index in [9.17, 15) is 27.6 Å². The molecule has 2 rings (SSSR count). The molecule has 1 aromatic rings. The summed E-state index contributed by atoms with van der Waals surface area (Å²) in [4.78, 5) is 50.8. The maximum atomic E-state index is 11.8. The van der Waals surface area contributed by atoms with Crippen molar-refractivity contribution in [2.75, 3.05) is 12.4 Å². The average molecular weight is 414 g/mol. The van der Waals surface area contributed by atoms with E-state index in [4.69, 9.17) is 9.39 Å². The van der Waals surface area contributed by atoms with Crippen molar-refractivity contribution in [3.05, 3.63) is 35.4 Å². The number of ether oxygens (including phenoxy) is 1. The summed E-state index contributed by atoms with van der Waals surface area (Å²) < 4.78 is 34.1. The van der Waals surface area contributed by atoms with Gasteiger partial charge in [0.2, 0.25) is 0 Å². The van der Waals surface area contributed by atoms with Crippen LogP contribution in [0.4, 0.5) is 4.79 Å². The molecule has 0 saturated carbocycles. The molecule has 1 aliphatic heterocycles. The molecule has 28 heavy (non-hydrogen) atoms. The van der Waals surface area contributed by atoms with Crippen molar-refractivity contribution >= 4 is 34.0 Å². The molecule has 0 unspecified atom stereocenters. The predicted octanol–water partition coefficient (Wildman–Crippen LogP) is -0.0497. The number of carbonyl (C=O) groups excluding carboxylic acids is 4. The lowest BCUT2D eigenvalue weighted by Crippen LogP contribution is -2.32. The van der Waals surface area contributed by atoms with Crippen molar-refractivity contribution in [3.8, 4) is 0 Å². The van der Waals surface area contributed by atoms with Gasteiger partial charge in [0.1, 0.15) is 12.4 Å². The van der Waals surface area contributed by atoms with Crippen molar-refractivity contribution in [2.24, 2.45) is 0 Å². The van der Waals surface area contributed by atoms with Gasteiger partial charge in [-0.05, 0) is 11.1 Å². The summed E-state index contributed by atoms with van der Waals surface area (Å²) >= 11 is 0. The fourth-order valence-corrected chi connectivity index (χ4v) is 2.49. The van der Waals surface area contributed by atoms with Gasteiger partial charge in [0.05, 0.1) is 6.42 Å². The summed E-state index contributed by atoms with van der Waals surface area (Å²) in [5, 5.41) is 2.87. The summed E-state index contributed by atoms with van der Waals surface area (Å²) in [6.45, 7) is -0.389. The fourth-order valence-electron chi connectivity index (χ4n) is 2.20. The van der Waals surface area contributed by atoms with Gasteiger partial charge in [0, 0.05) is 19.4 Å². The van der Waals surface area contributed by atoms with E-state index in [-0.39, 0.29) is 25.8 Å². The number of nitrogens with zero attached hydrogens (tertiary/aromatic N) is 1. The molecular weight excluding hydrogens is 396 g/mol. The van der Waals surface area contributed by atoms with Crippen LogP contribution < -0.4 is 5.32 Å². The van der Waals surface area contributed by atoms with Crippen LogP contribution in [0.25, 0.3) is 0 Å². The number of hydrogen-bond donors (Lipinski definition) is 2. The van der Waals surface area contributed by atoms with Gasteiger partial charge in [-0.3, -0.25) is 14.1 Å². The zero-order valence-electron chi connectivity index (χ0n) is 14.6. The lowest BCUT2D eigenvalue weighted by Gasteiger charge is -2.12. The normalized spacial score (nSPS) is 14.1. The molecule has 1 aliphatic rings. The maximum Gasteiger partial charge on any atom is 0.407 e. The highest BCUT2D eigenvalue weighted by Crippen LogP contribution is 2.13. The van der Waals surface area contributed by atoms with E-state index >= 15 is 0 Å². The molecular formula is C16H18N2O9S. The maximum absolute atomic E-state index is 11.8. The zero-order chi connectivity index (χ0) is 20.7. The number of imide groups is 1. The first-order chi connectivity index (χ1) is 13.1. The summed E-state index contributed by atoms with van der Waals surface area (Å²) in [6, 6.07) is 6.48. The second-order valence-corrected chi connectivity index (χ2v) is 7.39. The minimum atomic E-state index is -4.20. The Labute approximate surface area is 160 Å².